The Morgan fingerprint density at radius 2 is 1.89 bits per heavy atom. The Bertz CT molecular complexity index is 376. The maximum atomic E-state index is 12.3. The van der Waals surface area contributed by atoms with Gasteiger partial charge >= 0.3 is 0 Å². The molecule has 0 saturated carbocycles. The molecule has 0 bridgehead atoms. The van der Waals surface area contributed by atoms with Crippen molar-refractivity contribution in [2.24, 2.45) is 17.6 Å². The Balaban J connectivity index is 2.77. The fourth-order valence-corrected chi connectivity index (χ4v) is 2.27. The van der Waals surface area contributed by atoms with E-state index < -0.39 is 0 Å². The summed E-state index contributed by atoms with van der Waals surface area (Å²) < 4.78 is 0. The van der Waals surface area contributed by atoms with E-state index in [0.717, 1.165) is 18.4 Å². The monoisotopic (exact) mass is 262 g/mol. The highest BCUT2D eigenvalue weighted by molar-refractivity contribution is 5.79. The molecule has 0 aliphatic heterocycles. The van der Waals surface area contributed by atoms with E-state index in [4.69, 9.17) is 5.73 Å². The zero-order valence-corrected chi connectivity index (χ0v) is 12.2. The number of benzene rings is 1. The summed E-state index contributed by atoms with van der Waals surface area (Å²) >= 11 is 0. The number of carbonyl (C=O) groups is 1. The standard InChI is InChI=1S/C16H26N2O/c1-4-8-14(11-17)16(19)18-15(12(2)3)13-9-6-5-7-10-13/h5-7,9-10,12,14-15H,4,8,11,17H2,1-3H3,(H,18,19). The SMILES string of the molecule is CCCC(CN)C(=O)NC(c1ccccc1)C(C)C. The maximum Gasteiger partial charge on any atom is 0.224 e. The van der Waals surface area contributed by atoms with Crippen LogP contribution in [0.4, 0.5) is 0 Å². The highest BCUT2D eigenvalue weighted by Crippen LogP contribution is 2.22. The Morgan fingerprint density at radius 3 is 2.37 bits per heavy atom. The number of nitrogens with two attached hydrogens (primary N) is 1. The molecular weight excluding hydrogens is 236 g/mol. The van der Waals surface area contributed by atoms with Crippen LogP contribution in [0.2, 0.25) is 0 Å². The van der Waals surface area contributed by atoms with Gasteiger partial charge in [0.25, 0.3) is 0 Å². The van der Waals surface area contributed by atoms with Crippen molar-refractivity contribution >= 4 is 5.91 Å². The van der Waals surface area contributed by atoms with Crippen molar-refractivity contribution in [2.45, 2.75) is 39.7 Å². The van der Waals surface area contributed by atoms with Crippen molar-refractivity contribution in [1.82, 2.24) is 5.32 Å². The lowest BCUT2D eigenvalue weighted by atomic mass is 9.94. The lowest BCUT2D eigenvalue weighted by Crippen LogP contribution is -2.39. The quantitative estimate of drug-likeness (QED) is 0.794. The van der Waals surface area contributed by atoms with Gasteiger partial charge in [-0.05, 0) is 17.9 Å². The second kappa shape index (κ2) is 7.95. The number of hydrogen-bond donors (Lipinski definition) is 2. The molecule has 1 aromatic rings. The van der Waals surface area contributed by atoms with E-state index in [1.54, 1.807) is 0 Å². The van der Waals surface area contributed by atoms with Gasteiger partial charge in [-0.3, -0.25) is 4.79 Å². The number of nitrogens with one attached hydrogen (secondary N) is 1. The Hall–Kier alpha value is -1.35. The largest absolute Gasteiger partial charge is 0.349 e. The van der Waals surface area contributed by atoms with Gasteiger partial charge in [-0.15, -0.1) is 0 Å². The average Bonchev–Trinajstić information content (AvgIpc) is 2.42. The van der Waals surface area contributed by atoms with Gasteiger partial charge in [-0.2, -0.15) is 0 Å². The van der Waals surface area contributed by atoms with Crippen LogP contribution in [0, 0.1) is 11.8 Å². The first-order chi connectivity index (χ1) is 9.10. The number of carbonyl (C=O) groups excluding carboxylic acids is 1. The Labute approximate surface area is 116 Å². The summed E-state index contributed by atoms with van der Waals surface area (Å²) in [6, 6.07) is 10.2. The minimum Gasteiger partial charge on any atom is -0.349 e. The van der Waals surface area contributed by atoms with Gasteiger partial charge in [-0.25, -0.2) is 0 Å². The lowest BCUT2D eigenvalue weighted by Gasteiger charge is -2.25. The van der Waals surface area contributed by atoms with Gasteiger partial charge in [0.05, 0.1) is 12.0 Å². The number of hydrogen-bond acceptors (Lipinski definition) is 2. The average molecular weight is 262 g/mol. The van der Waals surface area contributed by atoms with Gasteiger partial charge in [0.2, 0.25) is 5.91 Å². The molecule has 3 nitrogen and oxygen atoms in total. The van der Waals surface area contributed by atoms with E-state index in [0.29, 0.717) is 12.5 Å². The van der Waals surface area contributed by atoms with Crippen LogP contribution in [0.25, 0.3) is 0 Å². The molecule has 2 atom stereocenters. The fraction of sp³-hybridized carbons (Fsp3) is 0.562. The van der Waals surface area contributed by atoms with Gasteiger partial charge in [-0.1, -0.05) is 57.5 Å². The van der Waals surface area contributed by atoms with Gasteiger partial charge < -0.3 is 11.1 Å². The molecule has 0 aromatic heterocycles. The van der Waals surface area contributed by atoms with Crippen molar-refractivity contribution < 1.29 is 4.79 Å². The first kappa shape index (κ1) is 15.7. The molecule has 2 unspecified atom stereocenters. The molecule has 1 rings (SSSR count). The predicted octanol–water partition coefficient (Wildman–Crippen LogP) is 2.87. The zero-order valence-electron chi connectivity index (χ0n) is 12.2. The van der Waals surface area contributed by atoms with E-state index in [2.05, 4.69) is 38.2 Å². The minimum atomic E-state index is -0.0741. The second-order valence-corrected chi connectivity index (χ2v) is 5.36. The van der Waals surface area contributed by atoms with E-state index in [9.17, 15) is 4.79 Å². The molecule has 0 aliphatic carbocycles. The molecule has 19 heavy (non-hydrogen) atoms. The van der Waals surface area contributed by atoms with Crippen LogP contribution in [0.3, 0.4) is 0 Å². The van der Waals surface area contributed by atoms with Gasteiger partial charge in [0.1, 0.15) is 0 Å². The van der Waals surface area contributed by atoms with Crippen LogP contribution in [0.15, 0.2) is 30.3 Å². The fourth-order valence-electron chi connectivity index (χ4n) is 2.27. The first-order valence-corrected chi connectivity index (χ1v) is 7.15. The van der Waals surface area contributed by atoms with Crippen LogP contribution in [0.5, 0.6) is 0 Å². The van der Waals surface area contributed by atoms with Crippen molar-refractivity contribution in [3.63, 3.8) is 0 Å². The van der Waals surface area contributed by atoms with E-state index in [1.165, 1.54) is 0 Å². The van der Waals surface area contributed by atoms with Crippen molar-refractivity contribution in [2.75, 3.05) is 6.54 Å². The molecule has 1 amide bonds. The smallest absolute Gasteiger partial charge is 0.224 e. The third-order valence-corrected chi connectivity index (χ3v) is 3.42. The normalized spacial score (nSPS) is 14.2. The molecule has 0 heterocycles. The van der Waals surface area contributed by atoms with E-state index in [-0.39, 0.29) is 17.9 Å². The molecule has 0 saturated heterocycles. The molecule has 1 aromatic carbocycles. The van der Waals surface area contributed by atoms with E-state index in [1.807, 2.05) is 18.2 Å². The summed E-state index contributed by atoms with van der Waals surface area (Å²) in [5.41, 5.74) is 6.84. The lowest BCUT2D eigenvalue weighted by molar-refractivity contribution is -0.126. The number of rotatable bonds is 7. The summed E-state index contributed by atoms with van der Waals surface area (Å²) in [5, 5.41) is 3.15. The summed E-state index contributed by atoms with van der Waals surface area (Å²) in [7, 11) is 0. The Morgan fingerprint density at radius 1 is 1.26 bits per heavy atom. The van der Waals surface area contributed by atoms with Crippen molar-refractivity contribution in [1.29, 1.82) is 0 Å². The third-order valence-electron chi connectivity index (χ3n) is 3.42. The van der Waals surface area contributed by atoms with Gasteiger partial charge in [0, 0.05) is 6.54 Å². The van der Waals surface area contributed by atoms with Crippen LogP contribution in [-0.2, 0) is 4.79 Å². The molecular formula is C16H26N2O. The molecule has 0 spiro atoms. The zero-order chi connectivity index (χ0) is 14.3. The van der Waals surface area contributed by atoms with Crippen molar-refractivity contribution in [3.05, 3.63) is 35.9 Å². The highest BCUT2D eigenvalue weighted by Gasteiger charge is 2.22. The van der Waals surface area contributed by atoms with Crippen LogP contribution < -0.4 is 11.1 Å². The van der Waals surface area contributed by atoms with Crippen LogP contribution in [0.1, 0.15) is 45.2 Å². The van der Waals surface area contributed by atoms with Crippen LogP contribution in [-0.4, -0.2) is 12.5 Å². The third kappa shape index (κ3) is 4.67. The van der Waals surface area contributed by atoms with Crippen LogP contribution >= 0.6 is 0 Å². The number of amides is 1. The van der Waals surface area contributed by atoms with Gasteiger partial charge in [0.15, 0.2) is 0 Å². The predicted molar refractivity (Wildman–Crippen MR) is 79.6 cm³/mol. The molecule has 3 heteroatoms. The molecule has 106 valence electrons. The molecule has 0 fully saturated rings. The second-order valence-electron chi connectivity index (χ2n) is 5.36. The summed E-state index contributed by atoms with van der Waals surface area (Å²) in [6.45, 7) is 6.73. The summed E-state index contributed by atoms with van der Waals surface area (Å²) in [4.78, 5) is 12.3. The maximum absolute atomic E-state index is 12.3. The van der Waals surface area contributed by atoms with E-state index >= 15 is 0 Å². The summed E-state index contributed by atoms with van der Waals surface area (Å²) in [5.74, 6) is 0.355. The highest BCUT2D eigenvalue weighted by atomic mass is 16.1. The summed E-state index contributed by atoms with van der Waals surface area (Å²) in [6.07, 6.45) is 1.83. The minimum absolute atomic E-state index is 0.0552. The first-order valence-electron chi connectivity index (χ1n) is 7.15. The molecule has 0 aliphatic rings. The molecule has 0 radical (unpaired) electrons. The molecule has 3 N–H and O–H groups in total. The van der Waals surface area contributed by atoms with Crippen molar-refractivity contribution in [3.8, 4) is 0 Å². The Kier molecular flexibility index (Phi) is 6.57. The topological polar surface area (TPSA) is 55.1 Å².